The summed E-state index contributed by atoms with van der Waals surface area (Å²) in [4.78, 5) is 13.3. The molecule has 5 heteroatoms. The lowest BCUT2D eigenvalue weighted by molar-refractivity contribution is -0.140. The summed E-state index contributed by atoms with van der Waals surface area (Å²) in [6.07, 6.45) is 0. The van der Waals surface area contributed by atoms with E-state index in [0.29, 0.717) is 0 Å². The number of rotatable bonds is 3. The molecule has 0 bridgehead atoms. The number of nitrogens with zero attached hydrogens (tertiary/aromatic N) is 1. The SMILES string of the molecule is COC(=O)C1CN1Cc1ccc2c(c1)OCO2. The highest BCUT2D eigenvalue weighted by molar-refractivity contribution is 5.78. The normalized spacial score (nSPS) is 24.5. The summed E-state index contributed by atoms with van der Waals surface area (Å²) < 4.78 is 15.2. The van der Waals surface area contributed by atoms with E-state index in [1.807, 2.05) is 23.1 Å². The first-order valence-electron chi connectivity index (χ1n) is 5.48. The van der Waals surface area contributed by atoms with Crippen LogP contribution in [-0.2, 0) is 16.1 Å². The molecule has 5 nitrogen and oxygen atoms in total. The van der Waals surface area contributed by atoms with Crippen LogP contribution >= 0.6 is 0 Å². The zero-order valence-electron chi connectivity index (χ0n) is 9.51. The van der Waals surface area contributed by atoms with Crippen LogP contribution in [0.1, 0.15) is 5.56 Å². The van der Waals surface area contributed by atoms with E-state index < -0.39 is 0 Å². The Morgan fingerprint density at radius 1 is 1.47 bits per heavy atom. The molecule has 0 spiro atoms. The Bertz CT molecular complexity index is 460. The van der Waals surface area contributed by atoms with Gasteiger partial charge in [-0.05, 0) is 17.7 Å². The van der Waals surface area contributed by atoms with E-state index >= 15 is 0 Å². The highest BCUT2D eigenvalue weighted by Crippen LogP contribution is 2.33. The molecular weight excluding hydrogens is 222 g/mol. The molecule has 90 valence electrons. The molecule has 0 saturated carbocycles. The van der Waals surface area contributed by atoms with Gasteiger partial charge in [0.2, 0.25) is 6.79 Å². The van der Waals surface area contributed by atoms with Crippen molar-refractivity contribution < 1.29 is 19.0 Å². The Morgan fingerprint density at radius 3 is 3.12 bits per heavy atom. The Balaban J connectivity index is 1.65. The molecule has 2 unspecified atom stereocenters. The molecule has 1 aromatic carbocycles. The predicted molar refractivity (Wildman–Crippen MR) is 58.8 cm³/mol. The summed E-state index contributed by atoms with van der Waals surface area (Å²) in [5.41, 5.74) is 1.11. The molecule has 0 N–H and O–H groups in total. The molecule has 0 aromatic heterocycles. The van der Waals surface area contributed by atoms with Crippen LogP contribution in [0.4, 0.5) is 0 Å². The number of esters is 1. The van der Waals surface area contributed by atoms with Gasteiger partial charge in [0.1, 0.15) is 6.04 Å². The number of carbonyl (C=O) groups excluding carboxylic acids is 1. The van der Waals surface area contributed by atoms with Crippen molar-refractivity contribution in [2.45, 2.75) is 12.6 Å². The molecule has 2 aliphatic rings. The summed E-state index contributed by atoms with van der Waals surface area (Å²) in [5, 5.41) is 0. The number of carbonyl (C=O) groups is 1. The number of benzene rings is 1. The number of hydrogen-bond donors (Lipinski definition) is 0. The van der Waals surface area contributed by atoms with Gasteiger partial charge in [0, 0.05) is 13.1 Å². The van der Waals surface area contributed by atoms with Crippen molar-refractivity contribution in [1.82, 2.24) is 4.90 Å². The summed E-state index contributed by atoms with van der Waals surface area (Å²) >= 11 is 0. The van der Waals surface area contributed by atoms with Gasteiger partial charge in [-0.1, -0.05) is 6.07 Å². The third-order valence-electron chi connectivity index (χ3n) is 3.01. The van der Waals surface area contributed by atoms with Gasteiger partial charge in [-0.25, -0.2) is 0 Å². The topological polar surface area (TPSA) is 47.8 Å². The van der Waals surface area contributed by atoms with Crippen molar-refractivity contribution in [1.29, 1.82) is 0 Å². The fourth-order valence-electron chi connectivity index (χ4n) is 1.98. The first-order valence-corrected chi connectivity index (χ1v) is 5.48. The van der Waals surface area contributed by atoms with Gasteiger partial charge in [-0.15, -0.1) is 0 Å². The van der Waals surface area contributed by atoms with Gasteiger partial charge in [0.05, 0.1) is 7.11 Å². The average Bonchev–Trinajstić information content (AvgIpc) is 2.94. The molecule has 17 heavy (non-hydrogen) atoms. The maximum atomic E-state index is 11.3. The van der Waals surface area contributed by atoms with Gasteiger partial charge >= 0.3 is 5.97 Å². The minimum absolute atomic E-state index is 0.0783. The van der Waals surface area contributed by atoms with Crippen molar-refractivity contribution in [2.24, 2.45) is 0 Å². The summed E-state index contributed by atoms with van der Waals surface area (Å²) in [6, 6.07) is 5.76. The second kappa shape index (κ2) is 3.92. The van der Waals surface area contributed by atoms with E-state index in [1.165, 1.54) is 7.11 Å². The van der Waals surface area contributed by atoms with Crippen LogP contribution in [0.25, 0.3) is 0 Å². The quantitative estimate of drug-likeness (QED) is 0.572. The maximum Gasteiger partial charge on any atom is 0.324 e. The molecule has 1 fully saturated rings. The van der Waals surface area contributed by atoms with Crippen LogP contribution in [-0.4, -0.2) is 37.4 Å². The van der Waals surface area contributed by atoms with E-state index in [-0.39, 0.29) is 18.8 Å². The molecule has 2 aliphatic heterocycles. The van der Waals surface area contributed by atoms with E-state index in [1.54, 1.807) is 0 Å². The molecule has 0 amide bonds. The minimum atomic E-state index is -0.161. The van der Waals surface area contributed by atoms with Gasteiger partial charge in [0.25, 0.3) is 0 Å². The van der Waals surface area contributed by atoms with Gasteiger partial charge < -0.3 is 14.2 Å². The number of ether oxygens (including phenoxy) is 3. The molecule has 1 aromatic rings. The number of hydrogen-bond acceptors (Lipinski definition) is 5. The Kier molecular flexibility index (Phi) is 2.40. The molecule has 3 rings (SSSR count). The molecular formula is C12H13NO4. The molecule has 2 heterocycles. The van der Waals surface area contributed by atoms with Gasteiger partial charge in [0.15, 0.2) is 11.5 Å². The van der Waals surface area contributed by atoms with Crippen molar-refractivity contribution in [2.75, 3.05) is 20.4 Å². The van der Waals surface area contributed by atoms with Gasteiger partial charge in [-0.2, -0.15) is 0 Å². The lowest BCUT2D eigenvalue weighted by Gasteiger charge is -2.04. The smallest absolute Gasteiger partial charge is 0.324 e. The van der Waals surface area contributed by atoms with Gasteiger partial charge in [-0.3, -0.25) is 9.69 Å². The van der Waals surface area contributed by atoms with Crippen LogP contribution < -0.4 is 9.47 Å². The second-order valence-electron chi connectivity index (χ2n) is 4.16. The van der Waals surface area contributed by atoms with Crippen molar-refractivity contribution >= 4 is 5.97 Å². The largest absolute Gasteiger partial charge is 0.468 e. The Hall–Kier alpha value is -1.75. The van der Waals surface area contributed by atoms with Crippen LogP contribution in [0.5, 0.6) is 11.5 Å². The summed E-state index contributed by atoms with van der Waals surface area (Å²) in [5.74, 6) is 1.40. The van der Waals surface area contributed by atoms with Crippen LogP contribution in [0.2, 0.25) is 0 Å². The summed E-state index contributed by atoms with van der Waals surface area (Å²) in [6.45, 7) is 1.78. The first-order chi connectivity index (χ1) is 8.28. The molecule has 2 atom stereocenters. The zero-order valence-corrected chi connectivity index (χ0v) is 9.51. The van der Waals surface area contributed by atoms with Crippen molar-refractivity contribution in [3.8, 4) is 11.5 Å². The molecule has 0 radical (unpaired) electrons. The third kappa shape index (κ3) is 1.93. The fourth-order valence-corrected chi connectivity index (χ4v) is 1.98. The maximum absolute atomic E-state index is 11.3. The van der Waals surface area contributed by atoms with Crippen LogP contribution in [0.15, 0.2) is 18.2 Å². The van der Waals surface area contributed by atoms with Crippen molar-refractivity contribution in [3.05, 3.63) is 23.8 Å². The standard InChI is InChI=1S/C12H13NO4/c1-15-12(14)9-6-13(9)5-8-2-3-10-11(4-8)17-7-16-10/h2-4,9H,5-7H2,1H3. The Morgan fingerprint density at radius 2 is 2.29 bits per heavy atom. The van der Waals surface area contributed by atoms with E-state index in [4.69, 9.17) is 14.2 Å². The summed E-state index contributed by atoms with van der Waals surface area (Å²) in [7, 11) is 1.42. The lowest BCUT2D eigenvalue weighted by atomic mass is 10.2. The fraction of sp³-hybridized carbons (Fsp3) is 0.417. The number of methoxy groups -OCH3 is 1. The lowest BCUT2D eigenvalue weighted by Crippen LogP contribution is -2.14. The Labute approximate surface area is 98.9 Å². The second-order valence-corrected chi connectivity index (χ2v) is 4.16. The van der Waals surface area contributed by atoms with Crippen LogP contribution in [0, 0.1) is 0 Å². The minimum Gasteiger partial charge on any atom is -0.468 e. The average molecular weight is 235 g/mol. The molecule has 1 saturated heterocycles. The monoisotopic (exact) mass is 235 g/mol. The number of fused-ring (bicyclic) bond motifs is 1. The zero-order chi connectivity index (χ0) is 11.8. The highest BCUT2D eigenvalue weighted by atomic mass is 16.7. The van der Waals surface area contributed by atoms with Crippen LogP contribution in [0.3, 0.4) is 0 Å². The first kappa shape index (κ1) is 10.4. The predicted octanol–water partition coefficient (Wildman–Crippen LogP) is 0.772. The third-order valence-corrected chi connectivity index (χ3v) is 3.01. The highest BCUT2D eigenvalue weighted by Gasteiger charge is 2.41. The van der Waals surface area contributed by atoms with Crippen molar-refractivity contribution in [3.63, 3.8) is 0 Å². The van der Waals surface area contributed by atoms with E-state index in [9.17, 15) is 4.79 Å². The van der Waals surface area contributed by atoms with E-state index in [2.05, 4.69) is 0 Å². The van der Waals surface area contributed by atoms with E-state index in [0.717, 1.165) is 30.2 Å². The molecule has 0 aliphatic carbocycles.